The predicted octanol–water partition coefficient (Wildman–Crippen LogP) is 3.75. The molecule has 0 unspecified atom stereocenters. The van der Waals surface area contributed by atoms with Crippen molar-refractivity contribution in [1.82, 2.24) is 0 Å². The van der Waals surface area contributed by atoms with Gasteiger partial charge in [0.25, 0.3) is 0 Å². The summed E-state index contributed by atoms with van der Waals surface area (Å²) in [5, 5.41) is 11.2. The molecule has 0 aliphatic heterocycles. The smallest absolute Gasteiger partial charge is 0.144 e. The summed E-state index contributed by atoms with van der Waals surface area (Å²) in [6.45, 7) is 4.82. The number of fused-ring (bicyclic) bond motifs is 1. The van der Waals surface area contributed by atoms with Crippen LogP contribution in [-0.2, 0) is 0 Å². The molecule has 2 heteroatoms. The first-order chi connectivity index (χ1) is 8.22. The molecular formula is C15H15NO. The molecule has 0 aromatic heterocycles. The largest absolute Gasteiger partial charge is 0.491 e. The molecule has 0 amide bonds. The van der Waals surface area contributed by atoms with Crippen molar-refractivity contribution < 1.29 is 4.74 Å². The highest BCUT2D eigenvalue weighted by molar-refractivity contribution is 5.90. The van der Waals surface area contributed by atoms with Crippen LogP contribution >= 0.6 is 0 Å². The van der Waals surface area contributed by atoms with Crippen molar-refractivity contribution in [2.75, 3.05) is 6.61 Å². The Kier molecular flexibility index (Phi) is 3.30. The fourth-order valence-electron chi connectivity index (χ4n) is 1.74. The van der Waals surface area contributed by atoms with Gasteiger partial charge < -0.3 is 4.74 Å². The maximum Gasteiger partial charge on any atom is 0.144 e. The van der Waals surface area contributed by atoms with Crippen molar-refractivity contribution in [3.8, 4) is 11.8 Å². The zero-order valence-electron chi connectivity index (χ0n) is 10.1. The van der Waals surface area contributed by atoms with Gasteiger partial charge in [0.15, 0.2) is 0 Å². The third-order valence-corrected chi connectivity index (χ3v) is 2.56. The molecule has 0 saturated carbocycles. The summed E-state index contributed by atoms with van der Waals surface area (Å²) in [5.74, 6) is 1.15. The Morgan fingerprint density at radius 1 is 1.18 bits per heavy atom. The molecule has 0 aliphatic carbocycles. The lowest BCUT2D eigenvalue weighted by molar-refractivity contribution is 0.273. The Balaban J connectivity index is 2.52. The van der Waals surface area contributed by atoms with Crippen molar-refractivity contribution in [2.45, 2.75) is 13.8 Å². The number of hydrogen-bond acceptors (Lipinski definition) is 2. The van der Waals surface area contributed by atoms with Gasteiger partial charge in [-0.2, -0.15) is 5.26 Å². The molecule has 0 N–H and O–H groups in total. The number of nitriles is 1. The molecule has 2 rings (SSSR count). The lowest BCUT2D eigenvalue weighted by atomic mass is 10.1. The minimum atomic E-state index is 0.445. The molecule has 0 bridgehead atoms. The average molecular weight is 225 g/mol. The lowest BCUT2D eigenvalue weighted by Gasteiger charge is -2.12. The van der Waals surface area contributed by atoms with Gasteiger partial charge in [-0.1, -0.05) is 44.2 Å². The van der Waals surface area contributed by atoms with Crippen LogP contribution in [0, 0.1) is 17.2 Å². The Bertz CT molecular complexity index is 567. The summed E-state index contributed by atoms with van der Waals surface area (Å²) in [4.78, 5) is 0. The highest BCUT2D eigenvalue weighted by Gasteiger charge is 2.09. The van der Waals surface area contributed by atoms with Gasteiger partial charge in [-0.3, -0.25) is 0 Å². The Morgan fingerprint density at radius 3 is 2.65 bits per heavy atom. The molecule has 0 fully saturated rings. The summed E-state index contributed by atoms with van der Waals surface area (Å²) in [6, 6.07) is 13.9. The monoisotopic (exact) mass is 225 g/mol. The highest BCUT2D eigenvalue weighted by Crippen LogP contribution is 2.29. The second kappa shape index (κ2) is 4.88. The van der Waals surface area contributed by atoms with Crippen molar-refractivity contribution >= 4 is 10.8 Å². The number of benzene rings is 2. The second-order valence-electron chi connectivity index (χ2n) is 4.48. The van der Waals surface area contributed by atoms with Crippen molar-refractivity contribution in [3.63, 3.8) is 0 Å². The van der Waals surface area contributed by atoms with E-state index in [0.717, 1.165) is 10.8 Å². The molecule has 0 radical (unpaired) electrons. The zero-order valence-corrected chi connectivity index (χ0v) is 10.1. The van der Waals surface area contributed by atoms with E-state index < -0.39 is 0 Å². The van der Waals surface area contributed by atoms with Gasteiger partial charge in [0.1, 0.15) is 11.8 Å². The Hall–Kier alpha value is -2.01. The maximum atomic E-state index is 9.11. The van der Waals surface area contributed by atoms with E-state index >= 15 is 0 Å². The van der Waals surface area contributed by atoms with Crippen molar-refractivity contribution in [1.29, 1.82) is 5.26 Å². The normalized spacial score (nSPS) is 10.5. The molecule has 2 aromatic carbocycles. The molecule has 0 spiro atoms. The van der Waals surface area contributed by atoms with Crippen LogP contribution in [0.5, 0.6) is 5.75 Å². The van der Waals surface area contributed by atoms with Gasteiger partial charge in [0.2, 0.25) is 0 Å². The topological polar surface area (TPSA) is 33.0 Å². The standard InChI is InChI=1S/C15H15NO/c1-11(2)10-17-15-13(9-16)8-7-12-5-3-4-6-14(12)15/h3-8,11H,10H2,1-2H3. The van der Waals surface area contributed by atoms with E-state index in [9.17, 15) is 0 Å². The van der Waals surface area contributed by atoms with Crippen LogP contribution < -0.4 is 4.74 Å². The maximum absolute atomic E-state index is 9.11. The zero-order chi connectivity index (χ0) is 12.3. The molecule has 0 heterocycles. The molecule has 2 nitrogen and oxygen atoms in total. The van der Waals surface area contributed by atoms with E-state index in [-0.39, 0.29) is 0 Å². The fraction of sp³-hybridized carbons (Fsp3) is 0.267. The number of rotatable bonds is 3. The molecule has 2 aromatic rings. The third-order valence-electron chi connectivity index (χ3n) is 2.56. The summed E-state index contributed by atoms with van der Waals surface area (Å²) >= 11 is 0. The van der Waals surface area contributed by atoms with Crippen LogP contribution in [0.25, 0.3) is 10.8 Å². The average Bonchev–Trinajstić information content (AvgIpc) is 2.35. The van der Waals surface area contributed by atoms with Crippen molar-refractivity contribution in [2.24, 2.45) is 5.92 Å². The SMILES string of the molecule is CC(C)COc1c(C#N)ccc2ccccc12. The van der Waals surface area contributed by atoms with Gasteiger partial charge in [-0.25, -0.2) is 0 Å². The van der Waals surface area contributed by atoms with E-state index in [4.69, 9.17) is 10.00 Å². The lowest BCUT2D eigenvalue weighted by Crippen LogP contribution is -2.06. The van der Waals surface area contributed by atoms with E-state index in [1.807, 2.05) is 36.4 Å². The van der Waals surface area contributed by atoms with Crippen LogP contribution in [0.15, 0.2) is 36.4 Å². The minimum Gasteiger partial charge on any atom is -0.491 e. The number of ether oxygens (including phenoxy) is 1. The van der Waals surface area contributed by atoms with E-state index in [1.165, 1.54) is 0 Å². The third kappa shape index (κ3) is 2.39. The first-order valence-electron chi connectivity index (χ1n) is 5.77. The molecule has 0 atom stereocenters. The number of nitrogens with zero attached hydrogens (tertiary/aromatic N) is 1. The number of hydrogen-bond donors (Lipinski definition) is 0. The van der Waals surface area contributed by atoms with Crippen molar-refractivity contribution in [3.05, 3.63) is 42.0 Å². The summed E-state index contributed by atoms with van der Waals surface area (Å²) in [5.41, 5.74) is 0.601. The fourth-order valence-corrected chi connectivity index (χ4v) is 1.74. The molecule has 86 valence electrons. The van der Waals surface area contributed by atoms with Crippen LogP contribution in [0.4, 0.5) is 0 Å². The molecule has 17 heavy (non-hydrogen) atoms. The van der Waals surface area contributed by atoms with Gasteiger partial charge >= 0.3 is 0 Å². The van der Waals surface area contributed by atoms with Gasteiger partial charge in [0.05, 0.1) is 12.2 Å². The summed E-state index contributed by atoms with van der Waals surface area (Å²) in [7, 11) is 0. The van der Waals surface area contributed by atoms with E-state index in [2.05, 4.69) is 19.9 Å². The molecule has 0 saturated heterocycles. The first-order valence-corrected chi connectivity index (χ1v) is 5.77. The van der Waals surface area contributed by atoms with E-state index in [1.54, 1.807) is 0 Å². The van der Waals surface area contributed by atoms with Gasteiger partial charge in [-0.15, -0.1) is 0 Å². The highest BCUT2D eigenvalue weighted by atomic mass is 16.5. The first kappa shape index (κ1) is 11.5. The minimum absolute atomic E-state index is 0.445. The molecule has 0 aliphatic rings. The molecular weight excluding hydrogens is 210 g/mol. The predicted molar refractivity (Wildman–Crippen MR) is 69.0 cm³/mol. The summed E-state index contributed by atoms with van der Waals surface area (Å²) in [6.07, 6.45) is 0. The Morgan fingerprint density at radius 2 is 1.94 bits per heavy atom. The quantitative estimate of drug-likeness (QED) is 0.797. The van der Waals surface area contributed by atoms with Gasteiger partial charge in [0, 0.05) is 5.39 Å². The van der Waals surface area contributed by atoms with Crippen LogP contribution in [0.2, 0.25) is 0 Å². The Labute approximate surface area is 101 Å². The second-order valence-corrected chi connectivity index (χ2v) is 4.48. The van der Waals surface area contributed by atoms with Crippen LogP contribution in [0.1, 0.15) is 19.4 Å². The van der Waals surface area contributed by atoms with E-state index in [0.29, 0.717) is 23.8 Å². The van der Waals surface area contributed by atoms with Crippen LogP contribution in [-0.4, -0.2) is 6.61 Å². The van der Waals surface area contributed by atoms with Crippen LogP contribution in [0.3, 0.4) is 0 Å². The summed E-state index contributed by atoms with van der Waals surface area (Å²) < 4.78 is 5.78. The van der Waals surface area contributed by atoms with Gasteiger partial charge in [-0.05, 0) is 17.4 Å².